The summed E-state index contributed by atoms with van der Waals surface area (Å²) in [5.74, 6) is 1.47. The summed E-state index contributed by atoms with van der Waals surface area (Å²) in [6.07, 6.45) is 0. The molecule has 0 aliphatic carbocycles. The molecule has 6 nitrogen and oxygen atoms in total. The van der Waals surface area contributed by atoms with Crippen molar-refractivity contribution in [1.29, 1.82) is 0 Å². The van der Waals surface area contributed by atoms with Gasteiger partial charge in [0.2, 0.25) is 0 Å². The molecule has 0 aliphatic heterocycles. The van der Waals surface area contributed by atoms with Crippen LogP contribution in [0.5, 0.6) is 11.5 Å². The second-order valence-corrected chi connectivity index (χ2v) is 9.44. The molecule has 0 amide bonds. The van der Waals surface area contributed by atoms with Gasteiger partial charge in [0, 0.05) is 30.1 Å². The molecule has 0 fully saturated rings. The Morgan fingerprint density at radius 2 is 1.18 bits per heavy atom. The summed E-state index contributed by atoms with van der Waals surface area (Å²) in [4.78, 5) is 18.1. The first-order chi connectivity index (χ1) is 19.1. The van der Waals surface area contributed by atoms with E-state index in [9.17, 15) is 4.79 Å². The lowest BCUT2D eigenvalue weighted by atomic mass is 9.93. The van der Waals surface area contributed by atoms with Crippen LogP contribution in [-0.4, -0.2) is 62.3 Å². The van der Waals surface area contributed by atoms with Crippen molar-refractivity contribution in [3.05, 3.63) is 83.2 Å². The Morgan fingerprint density at radius 3 is 1.77 bits per heavy atom. The van der Waals surface area contributed by atoms with Crippen LogP contribution in [0, 0.1) is 0 Å². The van der Waals surface area contributed by atoms with Crippen molar-refractivity contribution in [2.45, 2.75) is 27.7 Å². The smallest absolute Gasteiger partial charge is 0.344 e. The number of hydrogen-bond acceptors (Lipinski definition) is 6. The van der Waals surface area contributed by atoms with E-state index in [2.05, 4.69) is 37.5 Å². The van der Waals surface area contributed by atoms with Gasteiger partial charge in [0.1, 0.15) is 30.3 Å². The highest BCUT2D eigenvalue weighted by atomic mass is 16.5. The maximum absolute atomic E-state index is 13.5. The summed E-state index contributed by atoms with van der Waals surface area (Å²) in [5, 5.41) is 0.867. The quantitative estimate of drug-likeness (QED) is 0.173. The van der Waals surface area contributed by atoms with E-state index in [1.807, 2.05) is 72.8 Å². The molecule has 0 unspecified atom stereocenters. The number of rotatable bonds is 14. The fourth-order valence-corrected chi connectivity index (χ4v) is 4.82. The molecule has 0 N–H and O–H groups in total. The van der Waals surface area contributed by atoms with Crippen molar-refractivity contribution in [3.63, 3.8) is 0 Å². The fourth-order valence-electron chi connectivity index (χ4n) is 4.82. The van der Waals surface area contributed by atoms with E-state index in [0.717, 1.165) is 67.1 Å². The maximum atomic E-state index is 13.5. The van der Waals surface area contributed by atoms with E-state index in [1.54, 1.807) is 0 Å². The Bertz CT molecular complexity index is 1370. The van der Waals surface area contributed by atoms with Gasteiger partial charge in [0.05, 0.1) is 5.56 Å². The summed E-state index contributed by atoms with van der Waals surface area (Å²) >= 11 is 0. The molecule has 0 radical (unpaired) electrons. The standard InChI is InChI=1S/C33H40N2O4/c1-5-34(6-2)20-22-37-27-16-14-26(15-17-27)32-31(25-12-10-9-11-13-25)29-19-18-28(24-30(29)39-33(32)36)38-23-21-35(7-3)8-4/h9-19,24H,5-8,20-23H2,1-4H3. The van der Waals surface area contributed by atoms with Crippen LogP contribution in [0.25, 0.3) is 33.2 Å². The molecule has 0 bridgehead atoms. The SMILES string of the molecule is CCN(CC)CCOc1ccc(-c2c(-c3ccccc3)c3ccc(OCCN(CC)CC)cc3oc2=O)cc1. The molecule has 3 aromatic carbocycles. The molecule has 0 saturated heterocycles. The lowest BCUT2D eigenvalue weighted by molar-refractivity contribution is 0.223. The molecule has 0 aliphatic rings. The molecule has 4 rings (SSSR count). The molecule has 6 heteroatoms. The van der Waals surface area contributed by atoms with E-state index >= 15 is 0 Å². The van der Waals surface area contributed by atoms with Crippen molar-refractivity contribution >= 4 is 11.0 Å². The summed E-state index contributed by atoms with van der Waals surface area (Å²) in [6.45, 7) is 15.5. The topological polar surface area (TPSA) is 55.2 Å². The minimum atomic E-state index is -0.378. The highest BCUT2D eigenvalue weighted by Crippen LogP contribution is 2.37. The first kappa shape index (κ1) is 28.4. The lowest BCUT2D eigenvalue weighted by Crippen LogP contribution is -2.27. The number of ether oxygens (including phenoxy) is 2. The van der Waals surface area contributed by atoms with Crippen LogP contribution in [0.1, 0.15) is 27.7 Å². The highest BCUT2D eigenvalue weighted by Gasteiger charge is 2.19. The third-order valence-corrected chi connectivity index (χ3v) is 7.23. The highest BCUT2D eigenvalue weighted by molar-refractivity contribution is 6.01. The predicted octanol–water partition coefficient (Wildman–Crippen LogP) is 6.57. The van der Waals surface area contributed by atoms with Gasteiger partial charge in [-0.05, 0) is 61.6 Å². The van der Waals surface area contributed by atoms with Crippen LogP contribution in [0.3, 0.4) is 0 Å². The summed E-state index contributed by atoms with van der Waals surface area (Å²) < 4.78 is 17.8. The molecular formula is C33H40N2O4. The molecule has 4 aromatic rings. The summed E-state index contributed by atoms with van der Waals surface area (Å²) in [7, 11) is 0. The normalized spacial score (nSPS) is 11.4. The second kappa shape index (κ2) is 14.0. The molecule has 0 atom stereocenters. The monoisotopic (exact) mass is 528 g/mol. The summed E-state index contributed by atoms with van der Waals surface area (Å²) in [5.41, 5.74) is 3.28. The zero-order valence-corrected chi connectivity index (χ0v) is 23.6. The van der Waals surface area contributed by atoms with Gasteiger partial charge in [-0.15, -0.1) is 0 Å². The zero-order valence-electron chi connectivity index (χ0n) is 23.6. The number of fused-ring (bicyclic) bond motifs is 1. The van der Waals surface area contributed by atoms with Crippen LogP contribution in [0.15, 0.2) is 82.0 Å². The minimum Gasteiger partial charge on any atom is -0.492 e. The average Bonchev–Trinajstić information content (AvgIpc) is 2.97. The van der Waals surface area contributed by atoms with Gasteiger partial charge in [-0.2, -0.15) is 0 Å². The van der Waals surface area contributed by atoms with Gasteiger partial charge in [0.15, 0.2) is 0 Å². The Morgan fingerprint density at radius 1 is 0.641 bits per heavy atom. The molecule has 0 saturated carbocycles. The van der Waals surface area contributed by atoms with E-state index in [1.165, 1.54) is 0 Å². The van der Waals surface area contributed by atoms with Gasteiger partial charge in [-0.25, -0.2) is 4.79 Å². The Kier molecular flexibility index (Phi) is 10.2. The maximum Gasteiger partial charge on any atom is 0.344 e. The van der Waals surface area contributed by atoms with Crippen molar-refractivity contribution in [1.82, 2.24) is 9.80 Å². The fraction of sp³-hybridized carbons (Fsp3) is 0.364. The largest absolute Gasteiger partial charge is 0.492 e. The Labute approximate surface area is 231 Å². The van der Waals surface area contributed by atoms with Crippen LogP contribution >= 0.6 is 0 Å². The van der Waals surface area contributed by atoms with E-state index < -0.39 is 0 Å². The van der Waals surface area contributed by atoms with Crippen LogP contribution in [-0.2, 0) is 0 Å². The molecule has 39 heavy (non-hydrogen) atoms. The van der Waals surface area contributed by atoms with Crippen LogP contribution in [0.2, 0.25) is 0 Å². The van der Waals surface area contributed by atoms with E-state index in [4.69, 9.17) is 13.9 Å². The Hall–Kier alpha value is -3.61. The van der Waals surface area contributed by atoms with Gasteiger partial charge >= 0.3 is 5.63 Å². The third-order valence-electron chi connectivity index (χ3n) is 7.23. The van der Waals surface area contributed by atoms with Crippen molar-refractivity contribution < 1.29 is 13.9 Å². The van der Waals surface area contributed by atoms with Gasteiger partial charge in [-0.3, -0.25) is 0 Å². The minimum absolute atomic E-state index is 0.378. The zero-order chi connectivity index (χ0) is 27.6. The molecule has 206 valence electrons. The number of likely N-dealkylation sites (N-methyl/N-ethyl adjacent to an activating group) is 2. The Balaban J connectivity index is 1.66. The molecule has 1 heterocycles. The van der Waals surface area contributed by atoms with Gasteiger partial charge in [0.25, 0.3) is 0 Å². The van der Waals surface area contributed by atoms with E-state index in [-0.39, 0.29) is 5.63 Å². The van der Waals surface area contributed by atoms with Gasteiger partial charge < -0.3 is 23.7 Å². The van der Waals surface area contributed by atoms with E-state index in [0.29, 0.717) is 30.1 Å². The first-order valence-electron chi connectivity index (χ1n) is 14.0. The average molecular weight is 529 g/mol. The van der Waals surface area contributed by atoms with Crippen LogP contribution in [0.4, 0.5) is 0 Å². The van der Waals surface area contributed by atoms with Crippen molar-refractivity contribution in [2.75, 3.05) is 52.5 Å². The lowest BCUT2D eigenvalue weighted by Gasteiger charge is -2.18. The van der Waals surface area contributed by atoms with Crippen molar-refractivity contribution in [2.24, 2.45) is 0 Å². The number of nitrogens with zero attached hydrogens (tertiary/aromatic N) is 2. The van der Waals surface area contributed by atoms with Crippen molar-refractivity contribution in [3.8, 4) is 33.8 Å². The number of hydrogen-bond donors (Lipinski definition) is 0. The summed E-state index contributed by atoms with van der Waals surface area (Å²) in [6, 6.07) is 23.5. The predicted molar refractivity (Wildman–Crippen MR) is 160 cm³/mol. The molecule has 1 aromatic heterocycles. The number of benzene rings is 3. The second-order valence-electron chi connectivity index (χ2n) is 9.44. The van der Waals surface area contributed by atoms with Gasteiger partial charge in [-0.1, -0.05) is 70.2 Å². The van der Waals surface area contributed by atoms with Crippen LogP contribution < -0.4 is 15.1 Å². The third kappa shape index (κ3) is 7.08. The first-order valence-corrected chi connectivity index (χ1v) is 14.0. The molecular weight excluding hydrogens is 488 g/mol. The molecule has 0 spiro atoms.